The van der Waals surface area contributed by atoms with Crippen LogP contribution in [-0.4, -0.2) is 62.4 Å². The molecule has 2 heterocycles. The number of carbonyl (C=O) groups is 2. The monoisotopic (exact) mass is 502 g/mol. The number of halogens is 2. The molecule has 0 saturated heterocycles. The van der Waals surface area contributed by atoms with E-state index in [0.717, 1.165) is 6.42 Å². The van der Waals surface area contributed by atoms with Crippen molar-refractivity contribution in [3.63, 3.8) is 0 Å². The average molecular weight is 503 g/mol. The molecule has 1 saturated carbocycles. The van der Waals surface area contributed by atoms with Crippen LogP contribution in [0.25, 0.3) is 0 Å². The second-order valence-corrected chi connectivity index (χ2v) is 8.39. The number of nitrogens with zero attached hydrogens (tertiary/aromatic N) is 4. The van der Waals surface area contributed by atoms with Gasteiger partial charge in [-0.25, -0.2) is 8.78 Å². The van der Waals surface area contributed by atoms with Crippen molar-refractivity contribution in [2.75, 3.05) is 7.05 Å². The minimum Gasteiger partial charge on any atom is -0.490 e. The molecule has 3 rings (SSSR count). The van der Waals surface area contributed by atoms with Gasteiger partial charge in [0.05, 0.1) is 18.3 Å². The van der Waals surface area contributed by atoms with Gasteiger partial charge in [0.2, 0.25) is 5.91 Å². The molecule has 13 heteroatoms. The summed E-state index contributed by atoms with van der Waals surface area (Å²) in [5.74, 6) is -3.26. The van der Waals surface area contributed by atoms with E-state index < -0.39 is 17.9 Å². The molecule has 2 aromatic rings. The van der Waals surface area contributed by atoms with Crippen LogP contribution in [0.15, 0.2) is 36.7 Å². The number of alkyl halides is 2. The zero-order valence-electron chi connectivity index (χ0n) is 19.8. The minimum atomic E-state index is -2.68. The van der Waals surface area contributed by atoms with E-state index in [1.165, 1.54) is 31.5 Å². The van der Waals surface area contributed by atoms with Gasteiger partial charge in [0.25, 0.3) is 11.8 Å². The summed E-state index contributed by atoms with van der Waals surface area (Å²) in [6.45, 7) is 0.556. The molecule has 2 amide bonds. The largest absolute Gasteiger partial charge is 0.490 e. The normalized spacial score (nSPS) is 14.8. The number of ether oxygens (including phenoxy) is 1. The Kier molecular flexibility index (Phi) is 8.92. The minimum absolute atomic E-state index is 0.115. The predicted octanol–water partition coefficient (Wildman–Crippen LogP) is 2.29. The van der Waals surface area contributed by atoms with E-state index in [2.05, 4.69) is 25.9 Å². The number of aromatic nitrogens is 4. The molecule has 0 spiro atoms. The number of aryl methyl sites for hydroxylation is 1. The molecule has 4 N–H and O–H groups in total. The maximum Gasteiger partial charge on any atom is 0.273 e. The Bertz CT molecular complexity index is 1140. The Balaban J connectivity index is 1.33. The van der Waals surface area contributed by atoms with Crippen LogP contribution >= 0.6 is 0 Å². The van der Waals surface area contributed by atoms with E-state index >= 15 is 0 Å². The van der Waals surface area contributed by atoms with Crippen molar-refractivity contribution in [3.8, 4) is 5.75 Å². The number of hydrogen-bond acceptors (Lipinski definition) is 8. The van der Waals surface area contributed by atoms with Crippen LogP contribution < -0.4 is 15.4 Å². The van der Waals surface area contributed by atoms with Crippen LogP contribution in [0.5, 0.6) is 5.75 Å². The third-order valence-corrected chi connectivity index (χ3v) is 5.29. The quantitative estimate of drug-likeness (QED) is 0.198. The Morgan fingerprint density at radius 3 is 2.78 bits per heavy atom. The van der Waals surface area contributed by atoms with Gasteiger partial charge in [0.1, 0.15) is 17.7 Å². The number of pyridine rings is 1. The smallest absolute Gasteiger partial charge is 0.273 e. The van der Waals surface area contributed by atoms with Crippen molar-refractivity contribution in [2.45, 2.75) is 57.1 Å². The summed E-state index contributed by atoms with van der Waals surface area (Å²) < 4.78 is 33.0. The molecule has 0 atom stereocenters. The third-order valence-electron chi connectivity index (χ3n) is 5.29. The van der Waals surface area contributed by atoms with E-state index in [9.17, 15) is 18.4 Å². The molecule has 0 unspecified atom stereocenters. The highest BCUT2D eigenvalue weighted by Crippen LogP contribution is 2.39. The van der Waals surface area contributed by atoms with Gasteiger partial charge in [-0.3, -0.25) is 24.7 Å². The SMILES string of the molecule is CNC(=O)c1cn(CCCCC(=N)/C=C\C(=N)NC(=O)Cc2cc(OC3CC(F)(F)C3)ccn2)nn1. The highest BCUT2D eigenvalue weighted by atomic mass is 19.3. The molecule has 192 valence electrons. The lowest BCUT2D eigenvalue weighted by atomic mass is 9.91. The molecule has 0 aliphatic heterocycles. The van der Waals surface area contributed by atoms with Crippen LogP contribution in [-0.2, 0) is 17.8 Å². The van der Waals surface area contributed by atoms with Gasteiger partial charge in [-0.15, -0.1) is 5.10 Å². The number of hydrogen-bond donors (Lipinski definition) is 4. The fourth-order valence-electron chi connectivity index (χ4n) is 3.41. The van der Waals surface area contributed by atoms with E-state index in [0.29, 0.717) is 36.5 Å². The molecular weight excluding hydrogens is 474 g/mol. The molecule has 1 aliphatic rings. The summed E-state index contributed by atoms with van der Waals surface area (Å²) in [7, 11) is 1.52. The van der Waals surface area contributed by atoms with E-state index in [1.54, 1.807) is 16.9 Å². The van der Waals surface area contributed by atoms with Gasteiger partial charge < -0.3 is 20.8 Å². The van der Waals surface area contributed by atoms with Crippen molar-refractivity contribution in [3.05, 3.63) is 48.1 Å². The van der Waals surface area contributed by atoms with Crippen LogP contribution in [0.2, 0.25) is 0 Å². The van der Waals surface area contributed by atoms with Gasteiger partial charge in [-0.1, -0.05) is 5.21 Å². The van der Waals surface area contributed by atoms with Crippen LogP contribution in [0.3, 0.4) is 0 Å². The summed E-state index contributed by atoms with van der Waals surface area (Å²) in [6, 6.07) is 3.06. The molecule has 0 radical (unpaired) electrons. The number of nitrogens with one attached hydrogen (secondary N) is 4. The number of rotatable bonds is 12. The second kappa shape index (κ2) is 12.1. The van der Waals surface area contributed by atoms with E-state index in [-0.39, 0.29) is 36.7 Å². The lowest BCUT2D eigenvalue weighted by Crippen LogP contribution is -2.43. The Morgan fingerprint density at radius 2 is 2.06 bits per heavy atom. The van der Waals surface area contributed by atoms with Gasteiger partial charge in [0, 0.05) is 44.4 Å². The topological polar surface area (TPSA) is 159 Å². The van der Waals surface area contributed by atoms with Crippen LogP contribution in [0.1, 0.15) is 48.3 Å². The summed E-state index contributed by atoms with van der Waals surface area (Å²) in [6.07, 6.45) is 6.33. The number of amidine groups is 1. The fourth-order valence-corrected chi connectivity index (χ4v) is 3.41. The zero-order valence-corrected chi connectivity index (χ0v) is 19.8. The van der Waals surface area contributed by atoms with Crippen molar-refractivity contribution >= 4 is 23.4 Å². The summed E-state index contributed by atoms with van der Waals surface area (Å²) in [5, 5.41) is 28.4. The van der Waals surface area contributed by atoms with E-state index in [1.807, 2.05) is 0 Å². The molecular formula is C23H28F2N8O3. The molecule has 1 aliphatic carbocycles. The first-order valence-electron chi connectivity index (χ1n) is 11.4. The molecule has 1 fully saturated rings. The van der Waals surface area contributed by atoms with Crippen LogP contribution in [0.4, 0.5) is 8.78 Å². The molecule has 36 heavy (non-hydrogen) atoms. The maximum absolute atomic E-state index is 13.0. The number of allylic oxidation sites excluding steroid dienone is 1. The first kappa shape index (κ1) is 26.6. The first-order chi connectivity index (χ1) is 17.1. The van der Waals surface area contributed by atoms with Crippen molar-refractivity contribution in [1.82, 2.24) is 30.6 Å². The second-order valence-electron chi connectivity index (χ2n) is 8.39. The number of carbonyl (C=O) groups excluding carboxylic acids is 2. The predicted molar refractivity (Wildman–Crippen MR) is 127 cm³/mol. The van der Waals surface area contributed by atoms with Crippen molar-refractivity contribution in [2.24, 2.45) is 0 Å². The summed E-state index contributed by atoms with van der Waals surface area (Å²) in [5.41, 5.74) is 0.925. The molecule has 2 aromatic heterocycles. The number of amides is 2. The van der Waals surface area contributed by atoms with Crippen LogP contribution in [0, 0.1) is 10.8 Å². The van der Waals surface area contributed by atoms with E-state index in [4.69, 9.17) is 15.6 Å². The van der Waals surface area contributed by atoms with Gasteiger partial charge in [0.15, 0.2) is 5.69 Å². The average Bonchev–Trinajstić information content (AvgIpc) is 3.28. The Hall–Kier alpha value is -4.03. The molecule has 0 bridgehead atoms. The highest BCUT2D eigenvalue weighted by Gasteiger charge is 2.47. The molecule has 11 nitrogen and oxygen atoms in total. The fraction of sp³-hybridized carbons (Fsp3) is 0.435. The highest BCUT2D eigenvalue weighted by molar-refractivity contribution is 6.06. The Morgan fingerprint density at radius 1 is 1.28 bits per heavy atom. The zero-order chi connectivity index (χ0) is 26.1. The maximum atomic E-state index is 13.0. The van der Waals surface area contributed by atoms with Gasteiger partial charge in [-0.05, 0) is 37.5 Å². The van der Waals surface area contributed by atoms with Gasteiger partial charge >= 0.3 is 0 Å². The van der Waals surface area contributed by atoms with Crippen molar-refractivity contribution in [1.29, 1.82) is 10.8 Å². The number of unbranched alkanes of at least 4 members (excludes halogenated alkanes) is 1. The molecule has 0 aromatic carbocycles. The lowest BCUT2D eigenvalue weighted by Gasteiger charge is -2.34. The third kappa shape index (κ3) is 8.32. The lowest BCUT2D eigenvalue weighted by molar-refractivity contribution is -0.134. The standard InChI is InChI=1S/C23H28F2N8O3/c1-28-22(35)19-14-33(32-31-19)9-3-2-4-15(26)5-6-20(27)30-21(34)11-16-10-17(7-8-29-16)36-18-12-23(24,25)13-18/h5-8,10,14,18,26H,2-4,9,11-13H2,1H3,(H,28,35)(H2,27,30,34)/b6-5-,26-15?. The first-order valence-corrected chi connectivity index (χ1v) is 11.4. The summed E-state index contributed by atoms with van der Waals surface area (Å²) >= 11 is 0. The van der Waals surface area contributed by atoms with Crippen molar-refractivity contribution < 1.29 is 23.1 Å². The van der Waals surface area contributed by atoms with Gasteiger partial charge in [-0.2, -0.15) is 0 Å². The summed E-state index contributed by atoms with van der Waals surface area (Å²) in [4.78, 5) is 27.8. The Labute approximate surface area is 206 Å².